The SMILES string of the molecule is C[C@H](NC(=O)Cn1c(=O)oc2ccc(Cl)cc21)[C@H]1C[C@H]2CC[C@H]1C2. The summed E-state index contributed by atoms with van der Waals surface area (Å²) in [5.74, 6) is 1.48. The lowest BCUT2D eigenvalue weighted by molar-refractivity contribution is -0.122. The summed E-state index contributed by atoms with van der Waals surface area (Å²) in [6.07, 6.45) is 5.17. The van der Waals surface area contributed by atoms with Crippen molar-refractivity contribution in [3.8, 4) is 0 Å². The normalized spacial score (nSPS) is 26.8. The van der Waals surface area contributed by atoms with Crippen molar-refractivity contribution in [2.24, 2.45) is 17.8 Å². The number of carbonyl (C=O) groups excluding carboxylic acids is 1. The Morgan fingerprint density at radius 2 is 2.25 bits per heavy atom. The van der Waals surface area contributed by atoms with Crippen LogP contribution in [0.5, 0.6) is 0 Å². The van der Waals surface area contributed by atoms with E-state index in [2.05, 4.69) is 12.2 Å². The standard InChI is InChI=1S/C18H21ClN2O3/c1-10(14-7-11-2-3-12(14)6-11)20-17(22)9-21-15-8-13(19)4-5-16(15)24-18(21)23/h4-5,8,10-12,14H,2-3,6-7,9H2,1H3,(H,20,22)/t10-,11-,12-,14+/m0/s1. The van der Waals surface area contributed by atoms with Crippen LogP contribution < -0.4 is 11.1 Å². The molecule has 5 nitrogen and oxygen atoms in total. The van der Waals surface area contributed by atoms with E-state index >= 15 is 0 Å². The quantitative estimate of drug-likeness (QED) is 0.922. The molecule has 24 heavy (non-hydrogen) atoms. The molecule has 0 aliphatic heterocycles. The van der Waals surface area contributed by atoms with Gasteiger partial charge in [0, 0.05) is 11.1 Å². The summed E-state index contributed by atoms with van der Waals surface area (Å²) in [7, 11) is 0. The number of halogens is 1. The lowest BCUT2D eigenvalue weighted by atomic mass is 9.84. The lowest BCUT2D eigenvalue weighted by Gasteiger charge is -2.28. The number of nitrogens with one attached hydrogen (secondary N) is 1. The Labute approximate surface area is 145 Å². The first-order valence-electron chi connectivity index (χ1n) is 8.59. The molecule has 2 fully saturated rings. The zero-order chi connectivity index (χ0) is 16.8. The molecular weight excluding hydrogens is 328 g/mol. The first kappa shape index (κ1) is 15.8. The van der Waals surface area contributed by atoms with Gasteiger partial charge in [0.05, 0.1) is 5.52 Å². The van der Waals surface area contributed by atoms with Gasteiger partial charge in [-0.15, -0.1) is 0 Å². The van der Waals surface area contributed by atoms with Crippen LogP contribution in [-0.2, 0) is 11.3 Å². The van der Waals surface area contributed by atoms with Crippen LogP contribution >= 0.6 is 11.6 Å². The highest BCUT2D eigenvalue weighted by Crippen LogP contribution is 2.49. The van der Waals surface area contributed by atoms with E-state index in [-0.39, 0.29) is 18.5 Å². The average Bonchev–Trinajstić information content (AvgIpc) is 3.23. The minimum atomic E-state index is -0.532. The van der Waals surface area contributed by atoms with Gasteiger partial charge in [0.15, 0.2) is 5.58 Å². The first-order valence-corrected chi connectivity index (χ1v) is 8.97. The number of aromatic nitrogens is 1. The van der Waals surface area contributed by atoms with E-state index in [9.17, 15) is 9.59 Å². The number of oxazole rings is 1. The summed E-state index contributed by atoms with van der Waals surface area (Å²) < 4.78 is 6.51. The summed E-state index contributed by atoms with van der Waals surface area (Å²) in [6.45, 7) is 2.04. The molecule has 2 aliphatic rings. The number of amides is 1. The van der Waals surface area contributed by atoms with E-state index in [4.69, 9.17) is 16.0 Å². The second-order valence-electron chi connectivity index (χ2n) is 7.26. The Bertz CT molecular complexity index is 840. The number of fused-ring (bicyclic) bond motifs is 3. The number of hydrogen-bond donors (Lipinski definition) is 1. The minimum Gasteiger partial charge on any atom is -0.408 e. The van der Waals surface area contributed by atoms with Gasteiger partial charge >= 0.3 is 5.76 Å². The molecule has 2 bridgehead atoms. The molecule has 1 aromatic heterocycles. The van der Waals surface area contributed by atoms with Gasteiger partial charge in [0.2, 0.25) is 5.91 Å². The monoisotopic (exact) mass is 348 g/mol. The molecule has 6 heteroatoms. The molecule has 128 valence electrons. The Morgan fingerprint density at radius 3 is 2.96 bits per heavy atom. The van der Waals surface area contributed by atoms with E-state index in [0.29, 0.717) is 22.0 Å². The van der Waals surface area contributed by atoms with Crippen LogP contribution in [-0.4, -0.2) is 16.5 Å². The fraction of sp³-hybridized carbons (Fsp3) is 0.556. The van der Waals surface area contributed by atoms with Crippen molar-refractivity contribution in [3.05, 3.63) is 33.8 Å². The summed E-state index contributed by atoms with van der Waals surface area (Å²) in [5.41, 5.74) is 0.994. The van der Waals surface area contributed by atoms with Crippen LogP contribution in [0.2, 0.25) is 5.02 Å². The van der Waals surface area contributed by atoms with Crippen molar-refractivity contribution in [3.63, 3.8) is 0 Å². The minimum absolute atomic E-state index is 0.0443. The third-order valence-electron chi connectivity index (χ3n) is 5.75. The summed E-state index contributed by atoms with van der Waals surface area (Å²) in [6, 6.07) is 5.10. The summed E-state index contributed by atoms with van der Waals surface area (Å²) >= 11 is 5.99. The number of hydrogen-bond acceptors (Lipinski definition) is 3. The van der Waals surface area contributed by atoms with Gasteiger partial charge in [0.25, 0.3) is 0 Å². The summed E-state index contributed by atoms with van der Waals surface area (Å²) in [5, 5.41) is 3.59. The van der Waals surface area contributed by atoms with Gasteiger partial charge in [0.1, 0.15) is 6.54 Å². The molecule has 2 aromatic rings. The van der Waals surface area contributed by atoms with Crippen molar-refractivity contribution in [2.45, 2.75) is 45.2 Å². The highest BCUT2D eigenvalue weighted by atomic mass is 35.5. The number of nitrogens with zero attached hydrogens (tertiary/aromatic N) is 1. The maximum atomic E-state index is 12.4. The number of benzene rings is 1. The van der Waals surface area contributed by atoms with Crippen molar-refractivity contribution < 1.29 is 9.21 Å². The predicted molar refractivity (Wildman–Crippen MR) is 92.0 cm³/mol. The summed E-state index contributed by atoms with van der Waals surface area (Å²) in [4.78, 5) is 24.4. The second kappa shape index (κ2) is 5.96. The van der Waals surface area contributed by atoms with E-state index in [1.165, 1.54) is 30.3 Å². The smallest absolute Gasteiger partial charge is 0.408 e. The third kappa shape index (κ3) is 2.75. The van der Waals surface area contributed by atoms with E-state index in [1.807, 2.05) is 0 Å². The molecule has 0 radical (unpaired) electrons. The maximum Gasteiger partial charge on any atom is 0.420 e. The van der Waals surface area contributed by atoms with Gasteiger partial charge in [-0.25, -0.2) is 4.79 Å². The van der Waals surface area contributed by atoms with E-state index < -0.39 is 5.76 Å². The van der Waals surface area contributed by atoms with Crippen molar-refractivity contribution in [2.75, 3.05) is 0 Å². The molecule has 0 unspecified atom stereocenters. The van der Waals surface area contributed by atoms with Crippen LogP contribution in [0.25, 0.3) is 11.1 Å². The molecule has 1 heterocycles. The Morgan fingerprint density at radius 1 is 1.42 bits per heavy atom. The fourth-order valence-corrected chi connectivity index (χ4v) is 4.81. The average molecular weight is 349 g/mol. The van der Waals surface area contributed by atoms with Gasteiger partial charge in [-0.1, -0.05) is 18.0 Å². The molecule has 1 aromatic carbocycles. The maximum absolute atomic E-state index is 12.4. The van der Waals surface area contributed by atoms with Crippen molar-refractivity contribution in [1.29, 1.82) is 0 Å². The van der Waals surface area contributed by atoms with Crippen LogP contribution in [0.4, 0.5) is 0 Å². The highest BCUT2D eigenvalue weighted by Gasteiger charge is 2.42. The van der Waals surface area contributed by atoms with Gasteiger partial charge in [-0.2, -0.15) is 0 Å². The van der Waals surface area contributed by atoms with Crippen LogP contribution in [0, 0.1) is 17.8 Å². The predicted octanol–water partition coefficient (Wildman–Crippen LogP) is 3.19. The van der Waals surface area contributed by atoms with Gasteiger partial charge in [-0.05, 0) is 62.1 Å². The molecule has 4 atom stereocenters. The fourth-order valence-electron chi connectivity index (χ4n) is 4.64. The van der Waals surface area contributed by atoms with Gasteiger partial charge < -0.3 is 9.73 Å². The number of carbonyl (C=O) groups is 1. The zero-order valence-corrected chi connectivity index (χ0v) is 14.4. The molecular formula is C18H21ClN2O3. The van der Waals surface area contributed by atoms with E-state index in [0.717, 1.165) is 11.8 Å². The zero-order valence-electron chi connectivity index (χ0n) is 13.6. The Balaban J connectivity index is 1.47. The molecule has 4 rings (SSSR count). The van der Waals surface area contributed by atoms with Gasteiger partial charge in [-0.3, -0.25) is 9.36 Å². The van der Waals surface area contributed by atoms with Crippen molar-refractivity contribution >= 4 is 28.6 Å². The van der Waals surface area contributed by atoms with Crippen LogP contribution in [0.15, 0.2) is 27.4 Å². The second-order valence-corrected chi connectivity index (χ2v) is 7.70. The molecule has 2 aliphatic carbocycles. The van der Waals surface area contributed by atoms with Crippen LogP contribution in [0.1, 0.15) is 32.6 Å². The number of rotatable bonds is 4. The Hall–Kier alpha value is -1.75. The molecule has 2 saturated carbocycles. The Kier molecular flexibility index (Phi) is 3.91. The largest absolute Gasteiger partial charge is 0.420 e. The lowest BCUT2D eigenvalue weighted by Crippen LogP contribution is -2.42. The molecule has 0 saturated heterocycles. The van der Waals surface area contributed by atoms with E-state index in [1.54, 1.807) is 18.2 Å². The third-order valence-corrected chi connectivity index (χ3v) is 5.99. The molecule has 0 spiro atoms. The van der Waals surface area contributed by atoms with Crippen molar-refractivity contribution in [1.82, 2.24) is 9.88 Å². The molecule has 1 amide bonds. The topological polar surface area (TPSA) is 64.2 Å². The molecule has 1 N–H and O–H groups in total. The highest BCUT2D eigenvalue weighted by molar-refractivity contribution is 6.31. The first-order chi connectivity index (χ1) is 11.5. The van der Waals surface area contributed by atoms with Crippen LogP contribution in [0.3, 0.4) is 0 Å².